The van der Waals surface area contributed by atoms with Gasteiger partial charge in [0.1, 0.15) is 0 Å². The molecule has 106 valence electrons. The van der Waals surface area contributed by atoms with E-state index >= 15 is 0 Å². The maximum Gasteiger partial charge on any atom is 0.222 e. The molecule has 0 fully saturated rings. The Morgan fingerprint density at radius 2 is 2.21 bits per heavy atom. The van der Waals surface area contributed by atoms with Crippen LogP contribution in [0, 0.1) is 5.82 Å². The van der Waals surface area contributed by atoms with E-state index in [1.807, 2.05) is 0 Å². The zero-order chi connectivity index (χ0) is 14.3. The second-order valence-electron chi connectivity index (χ2n) is 4.34. The molecule has 19 heavy (non-hydrogen) atoms. The Bertz CT molecular complexity index is 424. The van der Waals surface area contributed by atoms with Gasteiger partial charge in [-0.05, 0) is 37.6 Å². The Kier molecular flexibility index (Phi) is 6.29. The van der Waals surface area contributed by atoms with Gasteiger partial charge in [0, 0.05) is 20.0 Å². The summed E-state index contributed by atoms with van der Waals surface area (Å²) in [6.45, 7) is 3.11. The van der Waals surface area contributed by atoms with Crippen LogP contribution in [-0.4, -0.2) is 31.0 Å². The third-order valence-electron chi connectivity index (χ3n) is 2.74. The number of hydrogen-bond donors (Lipinski definition) is 1. The number of carbonyl (C=O) groups is 1. The maximum absolute atomic E-state index is 13.6. The van der Waals surface area contributed by atoms with Crippen molar-refractivity contribution in [1.29, 1.82) is 0 Å². The van der Waals surface area contributed by atoms with Crippen LogP contribution in [0.1, 0.15) is 25.3 Å². The van der Waals surface area contributed by atoms with Crippen molar-refractivity contribution in [2.24, 2.45) is 5.73 Å². The van der Waals surface area contributed by atoms with E-state index < -0.39 is 5.82 Å². The molecule has 0 aromatic heterocycles. The summed E-state index contributed by atoms with van der Waals surface area (Å²) in [5, 5.41) is 0. The summed E-state index contributed by atoms with van der Waals surface area (Å²) in [6, 6.07) is 4.75. The number of ether oxygens (including phenoxy) is 1. The molecule has 1 aromatic rings. The van der Waals surface area contributed by atoms with Gasteiger partial charge < -0.3 is 15.4 Å². The highest BCUT2D eigenvalue weighted by molar-refractivity contribution is 5.75. The van der Waals surface area contributed by atoms with Crippen LogP contribution >= 0.6 is 0 Å². The quantitative estimate of drug-likeness (QED) is 0.822. The monoisotopic (exact) mass is 268 g/mol. The lowest BCUT2D eigenvalue weighted by atomic mass is 10.2. The van der Waals surface area contributed by atoms with Gasteiger partial charge in [-0.25, -0.2) is 4.39 Å². The van der Waals surface area contributed by atoms with Crippen LogP contribution in [0.5, 0.6) is 5.75 Å². The van der Waals surface area contributed by atoms with Crippen molar-refractivity contribution >= 4 is 5.91 Å². The van der Waals surface area contributed by atoms with Crippen molar-refractivity contribution in [3.63, 3.8) is 0 Å². The van der Waals surface area contributed by atoms with Crippen LogP contribution in [-0.2, 0) is 11.3 Å². The van der Waals surface area contributed by atoms with Crippen LogP contribution < -0.4 is 10.5 Å². The zero-order valence-electron chi connectivity index (χ0n) is 11.5. The Hall–Kier alpha value is -1.62. The van der Waals surface area contributed by atoms with Gasteiger partial charge in [-0.15, -0.1) is 0 Å². The number of halogens is 1. The average molecular weight is 268 g/mol. The second-order valence-corrected chi connectivity index (χ2v) is 4.34. The van der Waals surface area contributed by atoms with Crippen LogP contribution in [0.15, 0.2) is 18.2 Å². The van der Waals surface area contributed by atoms with Gasteiger partial charge in [0.15, 0.2) is 11.6 Å². The van der Waals surface area contributed by atoms with E-state index in [9.17, 15) is 9.18 Å². The Morgan fingerprint density at radius 3 is 2.79 bits per heavy atom. The molecule has 0 radical (unpaired) electrons. The molecule has 1 aromatic carbocycles. The van der Waals surface area contributed by atoms with Crippen molar-refractivity contribution in [2.45, 2.75) is 26.3 Å². The molecular weight excluding hydrogens is 247 g/mol. The predicted molar refractivity (Wildman–Crippen MR) is 72.3 cm³/mol. The van der Waals surface area contributed by atoms with Crippen molar-refractivity contribution < 1.29 is 13.9 Å². The highest BCUT2D eigenvalue weighted by Crippen LogP contribution is 2.19. The fourth-order valence-corrected chi connectivity index (χ4v) is 1.72. The van der Waals surface area contributed by atoms with Gasteiger partial charge in [0.2, 0.25) is 5.91 Å². The summed E-state index contributed by atoms with van der Waals surface area (Å²) in [7, 11) is 1.70. The topological polar surface area (TPSA) is 55.6 Å². The number of rotatable bonds is 7. The first kappa shape index (κ1) is 15.4. The number of amides is 1. The highest BCUT2D eigenvalue weighted by Gasteiger charge is 2.10. The van der Waals surface area contributed by atoms with E-state index in [0.717, 1.165) is 5.56 Å². The van der Waals surface area contributed by atoms with E-state index in [1.54, 1.807) is 31.0 Å². The Labute approximate surface area is 113 Å². The fourth-order valence-electron chi connectivity index (χ4n) is 1.72. The third kappa shape index (κ3) is 4.87. The van der Waals surface area contributed by atoms with E-state index in [2.05, 4.69) is 0 Å². The molecule has 4 nitrogen and oxygen atoms in total. The molecule has 0 bridgehead atoms. The number of hydrogen-bond acceptors (Lipinski definition) is 3. The zero-order valence-corrected chi connectivity index (χ0v) is 11.5. The summed E-state index contributed by atoms with van der Waals surface area (Å²) in [5.74, 6) is -0.148. The standard InChI is InChI=1S/C14H21FN2O2/c1-3-19-13-7-6-11(9-12(13)15)10-17(2)14(18)5-4-8-16/h6-7,9H,3-5,8,10,16H2,1-2H3. The second kappa shape index (κ2) is 7.74. The first-order valence-corrected chi connectivity index (χ1v) is 6.43. The van der Waals surface area contributed by atoms with Crippen LogP contribution in [0.2, 0.25) is 0 Å². The Morgan fingerprint density at radius 1 is 1.47 bits per heavy atom. The van der Waals surface area contributed by atoms with Gasteiger partial charge in [-0.2, -0.15) is 0 Å². The molecule has 0 saturated carbocycles. The minimum Gasteiger partial charge on any atom is -0.491 e. The number of nitrogens with two attached hydrogens (primary N) is 1. The molecule has 0 heterocycles. The average Bonchev–Trinajstić information content (AvgIpc) is 2.39. The number of carbonyl (C=O) groups excluding carboxylic acids is 1. The van der Waals surface area contributed by atoms with Crippen LogP contribution in [0.4, 0.5) is 4.39 Å². The summed E-state index contributed by atoms with van der Waals surface area (Å²) >= 11 is 0. The highest BCUT2D eigenvalue weighted by atomic mass is 19.1. The molecule has 0 atom stereocenters. The molecule has 0 aliphatic carbocycles. The first-order valence-electron chi connectivity index (χ1n) is 6.43. The van der Waals surface area contributed by atoms with Crippen LogP contribution in [0.3, 0.4) is 0 Å². The Balaban J connectivity index is 2.61. The maximum atomic E-state index is 13.6. The number of nitrogens with zero attached hydrogens (tertiary/aromatic N) is 1. The van der Waals surface area contributed by atoms with Gasteiger partial charge in [0.25, 0.3) is 0 Å². The van der Waals surface area contributed by atoms with E-state index in [4.69, 9.17) is 10.5 Å². The normalized spacial score (nSPS) is 10.3. The molecule has 1 rings (SSSR count). The van der Waals surface area contributed by atoms with Gasteiger partial charge in [0.05, 0.1) is 6.61 Å². The predicted octanol–water partition coefficient (Wildman–Crippen LogP) is 1.92. The minimum absolute atomic E-state index is 0.0137. The van der Waals surface area contributed by atoms with E-state index in [-0.39, 0.29) is 11.7 Å². The van der Waals surface area contributed by atoms with E-state index in [1.165, 1.54) is 6.07 Å². The van der Waals surface area contributed by atoms with Gasteiger partial charge in [-0.1, -0.05) is 6.07 Å². The van der Waals surface area contributed by atoms with Crippen molar-refractivity contribution in [3.05, 3.63) is 29.6 Å². The lowest BCUT2D eigenvalue weighted by molar-refractivity contribution is -0.130. The van der Waals surface area contributed by atoms with Crippen LogP contribution in [0.25, 0.3) is 0 Å². The van der Waals surface area contributed by atoms with E-state index in [0.29, 0.717) is 32.5 Å². The molecule has 2 N–H and O–H groups in total. The van der Waals surface area contributed by atoms with Gasteiger partial charge in [-0.3, -0.25) is 4.79 Å². The smallest absolute Gasteiger partial charge is 0.222 e. The van der Waals surface area contributed by atoms with Gasteiger partial charge >= 0.3 is 0 Å². The molecule has 0 aliphatic rings. The summed E-state index contributed by atoms with van der Waals surface area (Å²) in [6.07, 6.45) is 1.09. The van der Waals surface area contributed by atoms with Crippen molar-refractivity contribution in [1.82, 2.24) is 4.90 Å². The number of benzene rings is 1. The largest absolute Gasteiger partial charge is 0.491 e. The van der Waals surface area contributed by atoms with Crippen molar-refractivity contribution in [3.8, 4) is 5.75 Å². The molecule has 5 heteroatoms. The first-order chi connectivity index (χ1) is 9.08. The summed E-state index contributed by atoms with van der Waals surface area (Å²) in [4.78, 5) is 13.3. The summed E-state index contributed by atoms with van der Waals surface area (Å²) in [5.41, 5.74) is 6.10. The molecule has 1 amide bonds. The summed E-state index contributed by atoms with van der Waals surface area (Å²) < 4.78 is 18.8. The van der Waals surface area contributed by atoms with Crippen molar-refractivity contribution in [2.75, 3.05) is 20.2 Å². The molecule has 0 unspecified atom stereocenters. The third-order valence-corrected chi connectivity index (χ3v) is 2.74. The minimum atomic E-state index is -0.401. The SMILES string of the molecule is CCOc1ccc(CN(C)C(=O)CCCN)cc1F. The lowest BCUT2D eigenvalue weighted by Crippen LogP contribution is -2.26. The molecule has 0 aliphatic heterocycles. The molecule has 0 spiro atoms. The molecule has 0 saturated heterocycles. The molecular formula is C14H21FN2O2. The fraction of sp³-hybridized carbons (Fsp3) is 0.500. The lowest BCUT2D eigenvalue weighted by Gasteiger charge is -2.17.